The van der Waals surface area contributed by atoms with E-state index in [1.54, 1.807) is 11.8 Å². The topological polar surface area (TPSA) is 26.0 Å². The van der Waals surface area contributed by atoms with Crippen molar-refractivity contribution in [1.29, 1.82) is 0 Å². The molecule has 0 spiro atoms. The van der Waals surface area contributed by atoms with Crippen molar-refractivity contribution in [2.45, 2.75) is 17.6 Å². The second kappa shape index (κ2) is 7.20. The summed E-state index contributed by atoms with van der Waals surface area (Å²) in [6, 6.07) is 8.80. The van der Waals surface area contributed by atoms with Crippen LogP contribution in [0.25, 0.3) is 0 Å². The van der Waals surface area contributed by atoms with Crippen LogP contribution in [0.2, 0.25) is 0 Å². The standard InChI is InChI=1S/C12H19NS2/c1-10(7-13)8-15-9-11-3-5-12(14-2)6-4-11/h3-6,10H,7-9,13H2,1-2H3. The minimum Gasteiger partial charge on any atom is -0.330 e. The third-order valence-corrected chi connectivity index (χ3v) is 4.32. The predicted octanol–water partition coefficient (Wildman–Crippen LogP) is 3.24. The van der Waals surface area contributed by atoms with E-state index in [4.69, 9.17) is 5.73 Å². The lowest BCUT2D eigenvalue weighted by molar-refractivity contribution is 0.675. The summed E-state index contributed by atoms with van der Waals surface area (Å²) >= 11 is 3.75. The fourth-order valence-electron chi connectivity index (χ4n) is 1.17. The van der Waals surface area contributed by atoms with Gasteiger partial charge in [-0.3, -0.25) is 0 Å². The molecule has 3 heteroatoms. The summed E-state index contributed by atoms with van der Waals surface area (Å²) in [4.78, 5) is 1.33. The van der Waals surface area contributed by atoms with Gasteiger partial charge in [0, 0.05) is 10.6 Å². The molecule has 1 aromatic carbocycles. The molecule has 0 amide bonds. The van der Waals surface area contributed by atoms with Crippen LogP contribution in [0, 0.1) is 5.92 Å². The zero-order valence-corrected chi connectivity index (χ0v) is 11.0. The van der Waals surface area contributed by atoms with E-state index < -0.39 is 0 Å². The monoisotopic (exact) mass is 241 g/mol. The van der Waals surface area contributed by atoms with Crippen molar-refractivity contribution in [2.75, 3.05) is 18.6 Å². The van der Waals surface area contributed by atoms with Gasteiger partial charge in [-0.25, -0.2) is 0 Å². The summed E-state index contributed by atoms with van der Waals surface area (Å²) in [6.07, 6.45) is 2.10. The first kappa shape index (κ1) is 12.9. The fraction of sp³-hybridized carbons (Fsp3) is 0.500. The minimum absolute atomic E-state index is 0.625. The molecule has 1 nitrogen and oxygen atoms in total. The van der Waals surface area contributed by atoms with E-state index in [2.05, 4.69) is 37.4 Å². The van der Waals surface area contributed by atoms with Crippen molar-refractivity contribution in [3.63, 3.8) is 0 Å². The maximum absolute atomic E-state index is 5.57. The molecule has 0 aliphatic rings. The molecule has 2 N–H and O–H groups in total. The van der Waals surface area contributed by atoms with Crippen molar-refractivity contribution in [3.8, 4) is 0 Å². The van der Waals surface area contributed by atoms with Crippen LogP contribution >= 0.6 is 23.5 Å². The van der Waals surface area contributed by atoms with Gasteiger partial charge in [0.25, 0.3) is 0 Å². The molecule has 0 aliphatic heterocycles. The van der Waals surface area contributed by atoms with Crippen LogP contribution in [-0.2, 0) is 5.75 Å². The molecule has 1 unspecified atom stereocenters. The van der Waals surface area contributed by atoms with Crippen molar-refractivity contribution < 1.29 is 0 Å². The molecule has 84 valence electrons. The molecule has 1 rings (SSSR count). The van der Waals surface area contributed by atoms with Gasteiger partial charge in [0.05, 0.1) is 0 Å². The summed E-state index contributed by atoms with van der Waals surface area (Å²) in [5.74, 6) is 2.88. The van der Waals surface area contributed by atoms with Crippen molar-refractivity contribution in [3.05, 3.63) is 29.8 Å². The molecule has 0 bridgehead atoms. The summed E-state index contributed by atoms with van der Waals surface area (Å²) < 4.78 is 0. The number of nitrogens with two attached hydrogens (primary N) is 1. The number of thioether (sulfide) groups is 2. The molecular formula is C12H19NS2. The van der Waals surface area contributed by atoms with Crippen molar-refractivity contribution >= 4 is 23.5 Å². The van der Waals surface area contributed by atoms with Crippen LogP contribution in [0.5, 0.6) is 0 Å². The molecule has 0 heterocycles. The average molecular weight is 241 g/mol. The fourth-order valence-corrected chi connectivity index (χ4v) is 2.66. The summed E-state index contributed by atoms with van der Waals surface area (Å²) in [5.41, 5.74) is 6.98. The van der Waals surface area contributed by atoms with E-state index in [-0.39, 0.29) is 0 Å². The van der Waals surface area contributed by atoms with Gasteiger partial charge in [0.15, 0.2) is 0 Å². The summed E-state index contributed by atoms with van der Waals surface area (Å²) in [7, 11) is 0. The first-order valence-corrected chi connectivity index (χ1v) is 7.55. The van der Waals surface area contributed by atoms with Crippen LogP contribution in [0.4, 0.5) is 0 Å². The highest BCUT2D eigenvalue weighted by Crippen LogP contribution is 2.19. The number of hydrogen-bond donors (Lipinski definition) is 1. The second-order valence-corrected chi connectivity index (χ2v) is 5.61. The molecule has 1 aromatic rings. The van der Waals surface area contributed by atoms with Crippen LogP contribution in [0.1, 0.15) is 12.5 Å². The van der Waals surface area contributed by atoms with Gasteiger partial charge in [-0.15, -0.1) is 11.8 Å². The lowest BCUT2D eigenvalue weighted by atomic mass is 10.2. The van der Waals surface area contributed by atoms with Crippen LogP contribution in [0.3, 0.4) is 0 Å². The van der Waals surface area contributed by atoms with Crippen LogP contribution < -0.4 is 5.73 Å². The molecule has 0 fully saturated rings. The van der Waals surface area contributed by atoms with Crippen molar-refractivity contribution in [2.24, 2.45) is 11.7 Å². The molecule has 0 aromatic heterocycles. The van der Waals surface area contributed by atoms with E-state index in [0.29, 0.717) is 5.92 Å². The van der Waals surface area contributed by atoms with Crippen molar-refractivity contribution in [1.82, 2.24) is 0 Å². The highest BCUT2D eigenvalue weighted by atomic mass is 32.2. The van der Waals surface area contributed by atoms with E-state index in [1.807, 2.05) is 11.8 Å². The van der Waals surface area contributed by atoms with Crippen LogP contribution in [0.15, 0.2) is 29.2 Å². The molecule has 0 radical (unpaired) electrons. The Kier molecular flexibility index (Phi) is 6.22. The predicted molar refractivity (Wildman–Crippen MR) is 72.6 cm³/mol. The smallest absolute Gasteiger partial charge is 0.0184 e. The maximum atomic E-state index is 5.57. The Morgan fingerprint density at radius 1 is 1.27 bits per heavy atom. The Balaban J connectivity index is 2.31. The quantitative estimate of drug-likeness (QED) is 0.774. The molecule has 0 saturated carbocycles. The zero-order chi connectivity index (χ0) is 11.1. The van der Waals surface area contributed by atoms with E-state index in [1.165, 1.54) is 10.5 Å². The summed E-state index contributed by atoms with van der Waals surface area (Å²) in [6.45, 7) is 2.99. The van der Waals surface area contributed by atoms with Crippen LogP contribution in [-0.4, -0.2) is 18.6 Å². The first-order valence-electron chi connectivity index (χ1n) is 5.17. The number of rotatable bonds is 6. The molecule has 0 aliphatic carbocycles. The minimum atomic E-state index is 0.625. The Bertz CT molecular complexity index is 271. The first-order chi connectivity index (χ1) is 7.26. The third kappa shape index (κ3) is 4.96. The molecule has 0 saturated heterocycles. The molecular weight excluding hydrogens is 222 g/mol. The maximum Gasteiger partial charge on any atom is 0.0184 e. The lowest BCUT2D eigenvalue weighted by Gasteiger charge is -2.07. The lowest BCUT2D eigenvalue weighted by Crippen LogP contribution is -2.12. The van der Waals surface area contributed by atoms with Gasteiger partial charge in [0.1, 0.15) is 0 Å². The molecule has 15 heavy (non-hydrogen) atoms. The second-order valence-electron chi connectivity index (χ2n) is 3.70. The van der Waals surface area contributed by atoms with E-state index in [0.717, 1.165) is 18.1 Å². The number of hydrogen-bond acceptors (Lipinski definition) is 3. The van der Waals surface area contributed by atoms with Gasteiger partial charge in [-0.1, -0.05) is 19.1 Å². The third-order valence-electron chi connectivity index (χ3n) is 2.23. The van der Waals surface area contributed by atoms with E-state index in [9.17, 15) is 0 Å². The van der Waals surface area contributed by atoms with Gasteiger partial charge < -0.3 is 5.73 Å². The van der Waals surface area contributed by atoms with Gasteiger partial charge >= 0.3 is 0 Å². The van der Waals surface area contributed by atoms with Gasteiger partial charge in [-0.05, 0) is 42.2 Å². The Morgan fingerprint density at radius 2 is 1.93 bits per heavy atom. The normalized spacial score (nSPS) is 12.7. The zero-order valence-electron chi connectivity index (χ0n) is 9.40. The van der Waals surface area contributed by atoms with Gasteiger partial charge in [0.2, 0.25) is 0 Å². The van der Waals surface area contributed by atoms with E-state index >= 15 is 0 Å². The SMILES string of the molecule is CSc1ccc(CSCC(C)CN)cc1. The Labute approximate surface area is 101 Å². The largest absolute Gasteiger partial charge is 0.330 e. The highest BCUT2D eigenvalue weighted by Gasteiger charge is 1.99. The Hall–Kier alpha value is -0.120. The highest BCUT2D eigenvalue weighted by molar-refractivity contribution is 7.98. The Morgan fingerprint density at radius 3 is 2.47 bits per heavy atom. The summed E-state index contributed by atoms with van der Waals surface area (Å²) in [5, 5.41) is 0. The average Bonchev–Trinajstić information content (AvgIpc) is 2.29. The van der Waals surface area contributed by atoms with Gasteiger partial charge in [-0.2, -0.15) is 11.8 Å². The molecule has 1 atom stereocenters. The number of benzene rings is 1.